The maximum Gasteiger partial charge on any atom is 0.242 e. The number of para-hydroxylation sites is 1. The minimum Gasteiger partial charge on any atom is -0.496 e. The molecule has 0 aliphatic heterocycles. The Morgan fingerprint density at radius 1 is 1.00 bits per heavy atom. The number of rotatable bonds is 9. The van der Waals surface area contributed by atoms with Crippen molar-refractivity contribution in [2.24, 2.45) is 0 Å². The summed E-state index contributed by atoms with van der Waals surface area (Å²) < 4.78 is 18.7. The van der Waals surface area contributed by atoms with Gasteiger partial charge in [-0.2, -0.15) is 0 Å². The summed E-state index contributed by atoms with van der Waals surface area (Å²) in [6.45, 7) is 2.12. The van der Waals surface area contributed by atoms with Crippen molar-refractivity contribution in [2.45, 2.75) is 32.5 Å². The topological polar surface area (TPSA) is 58.6 Å². The monoisotopic (exact) mass is 468 g/mol. The first-order valence-electron chi connectivity index (χ1n) is 10.6. The third kappa shape index (κ3) is 6.80. The van der Waals surface area contributed by atoms with Crippen molar-refractivity contribution in [3.05, 3.63) is 100 Å². The Morgan fingerprint density at radius 3 is 2.30 bits per heavy atom. The van der Waals surface area contributed by atoms with Crippen molar-refractivity contribution in [3.63, 3.8) is 0 Å². The Kier molecular flexibility index (Phi) is 8.44. The van der Waals surface area contributed by atoms with Crippen LogP contribution < -0.4 is 10.1 Å². The highest BCUT2D eigenvalue weighted by atomic mass is 35.5. The summed E-state index contributed by atoms with van der Waals surface area (Å²) in [5.74, 6) is -0.207. The molecule has 5 nitrogen and oxygen atoms in total. The van der Waals surface area contributed by atoms with Gasteiger partial charge in [-0.25, -0.2) is 4.39 Å². The molecule has 2 amide bonds. The number of hydrogen-bond donors (Lipinski definition) is 1. The van der Waals surface area contributed by atoms with Crippen molar-refractivity contribution in [2.75, 3.05) is 7.11 Å². The fourth-order valence-electron chi connectivity index (χ4n) is 3.43. The molecule has 0 heterocycles. The van der Waals surface area contributed by atoms with Crippen molar-refractivity contribution < 1.29 is 18.7 Å². The standard InChI is InChI=1S/C26H26ClFN2O3/c1-18(26(32)29-16-21-5-3-4-6-24(21)33-2)30(17-20-9-13-23(28)14-10-20)25(31)15-19-7-11-22(27)12-8-19/h3-14,18H,15-17H2,1-2H3,(H,29,32)/t18-/m1/s1. The van der Waals surface area contributed by atoms with Crippen LogP contribution in [0.15, 0.2) is 72.8 Å². The molecule has 172 valence electrons. The summed E-state index contributed by atoms with van der Waals surface area (Å²) >= 11 is 5.94. The third-order valence-electron chi connectivity index (χ3n) is 5.35. The zero-order chi connectivity index (χ0) is 23.8. The molecule has 0 aliphatic carbocycles. The van der Waals surface area contributed by atoms with E-state index in [1.54, 1.807) is 50.4 Å². The summed E-state index contributed by atoms with van der Waals surface area (Å²) in [6, 6.07) is 19.6. The highest BCUT2D eigenvalue weighted by Crippen LogP contribution is 2.18. The van der Waals surface area contributed by atoms with E-state index in [-0.39, 0.29) is 37.1 Å². The Bertz CT molecular complexity index is 1090. The maximum absolute atomic E-state index is 13.3. The fraction of sp³-hybridized carbons (Fsp3) is 0.231. The van der Waals surface area contributed by atoms with Gasteiger partial charge in [0.1, 0.15) is 17.6 Å². The molecule has 1 atom stereocenters. The number of nitrogens with one attached hydrogen (secondary N) is 1. The molecule has 0 saturated heterocycles. The number of benzene rings is 3. The number of amides is 2. The smallest absolute Gasteiger partial charge is 0.242 e. The van der Waals surface area contributed by atoms with Crippen LogP contribution in [0.4, 0.5) is 4.39 Å². The summed E-state index contributed by atoms with van der Waals surface area (Å²) in [4.78, 5) is 27.7. The van der Waals surface area contributed by atoms with Gasteiger partial charge in [-0.15, -0.1) is 0 Å². The molecule has 0 saturated carbocycles. The van der Waals surface area contributed by atoms with Gasteiger partial charge >= 0.3 is 0 Å². The van der Waals surface area contributed by atoms with Crippen LogP contribution in [0.1, 0.15) is 23.6 Å². The number of ether oxygens (including phenoxy) is 1. The van der Waals surface area contributed by atoms with E-state index >= 15 is 0 Å². The number of carbonyl (C=O) groups excluding carboxylic acids is 2. The summed E-state index contributed by atoms with van der Waals surface area (Å²) in [7, 11) is 1.57. The predicted molar refractivity (Wildman–Crippen MR) is 126 cm³/mol. The second-order valence-corrected chi connectivity index (χ2v) is 8.09. The van der Waals surface area contributed by atoms with Crippen LogP contribution in [-0.4, -0.2) is 29.9 Å². The predicted octanol–water partition coefficient (Wildman–Crippen LogP) is 4.76. The van der Waals surface area contributed by atoms with E-state index in [1.165, 1.54) is 17.0 Å². The minimum atomic E-state index is -0.746. The zero-order valence-corrected chi connectivity index (χ0v) is 19.3. The van der Waals surface area contributed by atoms with Gasteiger partial charge in [-0.1, -0.05) is 54.1 Å². The molecule has 0 unspecified atom stereocenters. The van der Waals surface area contributed by atoms with Crippen molar-refractivity contribution in [3.8, 4) is 5.75 Å². The minimum absolute atomic E-state index is 0.114. The molecule has 0 fully saturated rings. The number of nitrogens with zero attached hydrogens (tertiary/aromatic N) is 1. The lowest BCUT2D eigenvalue weighted by molar-refractivity contribution is -0.140. The molecule has 3 rings (SSSR count). The van der Waals surface area contributed by atoms with Gasteiger partial charge < -0.3 is 15.0 Å². The molecular weight excluding hydrogens is 443 g/mol. The Hall–Kier alpha value is -3.38. The van der Waals surface area contributed by atoms with E-state index < -0.39 is 6.04 Å². The molecule has 1 N–H and O–H groups in total. The number of carbonyl (C=O) groups is 2. The lowest BCUT2D eigenvalue weighted by Crippen LogP contribution is -2.48. The van der Waals surface area contributed by atoms with Crippen LogP contribution in [0.2, 0.25) is 5.02 Å². The number of hydrogen-bond acceptors (Lipinski definition) is 3. The third-order valence-corrected chi connectivity index (χ3v) is 5.60. The van der Waals surface area contributed by atoms with Crippen LogP contribution in [-0.2, 0) is 29.1 Å². The first-order chi connectivity index (χ1) is 15.9. The van der Waals surface area contributed by atoms with E-state index in [1.807, 2.05) is 24.3 Å². The van der Waals surface area contributed by atoms with Crippen LogP contribution in [0.5, 0.6) is 5.75 Å². The quantitative estimate of drug-likeness (QED) is 0.492. The fourth-order valence-corrected chi connectivity index (χ4v) is 3.55. The first-order valence-corrected chi connectivity index (χ1v) is 10.9. The molecule has 0 aliphatic rings. The average molecular weight is 469 g/mol. The second-order valence-electron chi connectivity index (χ2n) is 7.66. The van der Waals surface area contributed by atoms with Crippen LogP contribution >= 0.6 is 11.6 Å². The lowest BCUT2D eigenvalue weighted by Gasteiger charge is -2.29. The van der Waals surface area contributed by atoms with Crippen molar-refractivity contribution in [1.29, 1.82) is 0 Å². The normalized spacial score (nSPS) is 11.5. The van der Waals surface area contributed by atoms with Crippen molar-refractivity contribution >= 4 is 23.4 Å². The first kappa shape index (κ1) is 24.3. The second kappa shape index (κ2) is 11.5. The van der Waals surface area contributed by atoms with Gasteiger partial charge in [0.05, 0.1) is 13.5 Å². The molecule has 0 bridgehead atoms. The Balaban J connectivity index is 1.75. The van der Waals surface area contributed by atoms with Gasteiger partial charge in [-0.05, 0) is 48.4 Å². The summed E-state index contributed by atoms with van der Waals surface area (Å²) in [5, 5.41) is 3.47. The summed E-state index contributed by atoms with van der Waals surface area (Å²) in [5.41, 5.74) is 2.35. The molecule has 0 aromatic heterocycles. The SMILES string of the molecule is COc1ccccc1CNC(=O)[C@@H](C)N(Cc1ccc(F)cc1)C(=O)Cc1ccc(Cl)cc1. The molecule has 0 radical (unpaired) electrons. The van der Waals surface area contributed by atoms with Crippen LogP contribution in [0.25, 0.3) is 0 Å². The van der Waals surface area contributed by atoms with Crippen LogP contribution in [0.3, 0.4) is 0 Å². The molecular formula is C26H26ClFN2O3. The van der Waals surface area contributed by atoms with E-state index in [0.29, 0.717) is 10.8 Å². The van der Waals surface area contributed by atoms with E-state index in [2.05, 4.69) is 5.32 Å². The zero-order valence-electron chi connectivity index (χ0n) is 18.6. The molecule has 3 aromatic rings. The van der Waals surface area contributed by atoms with Gasteiger partial charge in [0.15, 0.2) is 0 Å². The molecule has 7 heteroatoms. The molecule has 0 spiro atoms. The maximum atomic E-state index is 13.3. The Labute approximate surface area is 198 Å². The van der Waals surface area contributed by atoms with E-state index in [0.717, 1.165) is 16.7 Å². The molecule has 33 heavy (non-hydrogen) atoms. The van der Waals surface area contributed by atoms with Crippen LogP contribution in [0, 0.1) is 5.82 Å². The lowest BCUT2D eigenvalue weighted by atomic mass is 10.1. The highest BCUT2D eigenvalue weighted by Gasteiger charge is 2.26. The number of methoxy groups -OCH3 is 1. The van der Waals surface area contributed by atoms with E-state index in [4.69, 9.17) is 16.3 Å². The van der Waals surface area contributed by atoms with Gasteiger partial charge in [0.2, 0.25) is 11.8 Å². The summed E-state index contributed by atoms with van der Waals surface area (Å²) in [6.07, 6.45) is 0.114. The van der Waals surface area contributed by atoms with Crippen molar-refractivity contribution in [1.82, 2.24) is 10.2 Å². The largest absolute Gasteiger partial charge is 0.496 e. The van der Waals surface area contributed by atoms with E-state index in [9.17, 15) is 14.0 Å². The highest BCUT2D eigenvalue weighted by molar-refractivity contribution is 6.30. The number of halogens is 2. The molecule has 3 aromatic carbocycles. The Morgan fingerprint density at radius 2 is 1.64 bits per heavy atom. The van der Waals surface area contributed by atoms with Gasteiger partial charge in [0, 0.05) is 23.7 Å². The van der Waals surface area contributed by atoms with Gasteiger partial charge in [0.25, 0.3) is 0 Å². The average Bonchev–Trinajstić information content (AvgIpc) is 2.83. The van der Waals surface area contributed by atoms with Gasteiger partial charge in [-0.3, -0.25) is 9.59 Å².